The molecule has 0 aliphatic heterocycles. The van der Waals surface area contributed by atoms with Gasteiger partial charge in [0.1, 0.15) is 0 Å². The minimum atomic E-state index is -0.122. The van der Waals surface area contributed by atoms with Crippen LogP contribution in [0.5, 0.6) is 0 Å². The fraction of sp³-hybridized carbons (Fsp3) is 0.0556. The van der Waals surface area contributed by atoms with E-state index in [0.29, 0.717) is 5.56 Å². The van der Waals surface area contributed by atoms with E-state index in [0.717, 1.165) is 16.8 Å². The number of aryl methyl sites for hydroxylation is 1. The summed E-state index contributed by atoms with van der Waals surface area (Å²) in [6, 6.07) is 21.2. The minimum Gasteiger partial charge on any atom is -0.267 e. The molecule has 3 heteroatoms. The summed E-state index contributed by atoms with van der Waals surface area (Å²) in [6.45, 7) is 2.04. The van der Waals surface area contributed by atoms with E-state index in [1.807, 2.05) is 67.7 Å². The van der Waals surface area contributed by atoms with Crippen LogP contribution in [0.2, 0.25) is 0 Å². The molecule has 0 unspecified atom stereocenters. The van der Waals surface area contributed by atoms with Crippen LogP contribution >= 0.6 is 0 Å². The highest BCUT2D eigenvalue weighted by Gasteiger charge is 2.11. The Kier molecular flexibility index (Phi) is 3.56. The van der Waals surface area contributed by atoms with Crippen LogP contribution in [0.3, 0.4) is 0 Å². The Hall–Kier alpha value is -2.81. The number of amides is 1. The second-order valence-corrected chi connectivity index (χ2v) is 4.89. The SMILES string of the molecule is Cc1ccn(NC(=O)c2ccccc2)c1-c1ccccc1. The summed E-state index contributed by atoms with van der Waals surface area (Å²) in [4.78, 5) is 12.3. The maximum Gasteiger partial charge on any atom is 0.270 e. The van der Waals surface area contributed by atoms with E-state index in [2.05, 4.69) is 5.43 Å². The molecule has 104 valence electrons. The topological polar surface area (TPSA) is 34.0 Å². The number of nitrogens with zero attached hydrogens (tertiary/aromatic N) is 1. The molecule has 1 aromatic heterocycles. The number of carbonyl (C=O) groups excluding carboxylic acids is 1. The summed E-state index contributed by atoms with van der Waals surface area (Å²) in [5, 5.41) is 0. The second kappa shape index (κ2) is 5.67. The zero-order valence-electron chi connectivity index (χ0n) is 11.8. The molecule has 3 rings (SSSR count). The van der Waals surface area contributed by atoms with Crippen LogP contribution < -0.4 is 5.43 Å². The number of nitrogens with one attached hydrogen (secondary N) is 1. The van der Waals surface area contributed by atoms with Gasteiger partial charge in [-0.15, -0.1) is 0 Å². The number of carbonyl (C=O) groups is 1. The fourth-order valence-electron chi connectivity index (χ4n) is 2.35. The Labute approximate surface area is 123 Å². The summed E-state index contributed by atoms with van der Waals surface area (Å²) < 4.78 is 1.78. The minimum absolute atomic E-state index is 0.122. The molecular formula is C18H16N2O. The molecule has 0 saturated carbocycles. The zero-order chi connectivity index (χ0) is 14.7. The zero-order valence-corrected chi connectivity index (χ0v) is 11.8. The number of aromatic nitrogens is 1. The van der Waals surface area contributed by atoms with Gasteiger partial charge >= 0.3 is 0 Å². The molecule has 1 amide bonds. The number of rotatable bonds is 3. The third-order valence-corrected chi connectivity index (χ3v) is 3.39. The molecular weight excluding hydrogens is 260 g/mol. The Morgan fingerprint density at radius 1 is 0.905 bits per heavy atom. The van der Waals surface area contributed by atoms with Gasteiger partial charge in [-0.05, 0) is 30.7 Å². The van der Waals surface area contributed by atoms with Gasteiger partial charge in [0.05, 0.1) is 5.69 Å². The predicted octanol–water partition coefficient (Wildman–Crippen LogP) is 3.85. The van der Waals surface area contributed by atoms with Crippen molar-refractivity contribution in [3.63, 3.8) is 0 Å². The van der Waals surface area contributed by atoms with Crippen molar-refractivity contribution in [2.45, 2.75) is 6.92 Å². The predicted molar refractivity (Wildman–Crippen MR) is 84.7 cm³/mol. The molecule has 1 N–H and O–H groups in total. The largest absolute Gasteiger partial charge is 0.270 e. The first kappa shape index (κ1) is 13.2. The van der Waals surface area contributed by atoms with E-state index in [1.165, 1.54) is 0 Å². The molecule has 0 fully saturated rings. The van der Waals surface area contributed by atoms with Crippen molar-refractivity contribution in [3.05, 3.63) is 84.1 Å². The Morgan fingerprint density at radius 3 is 2.19 bits per heavy atom. The van der Waals surface area contributed by atoms with Crippen molar-refractivity contribution in [3.8, 4) is 11.3 Å². The Balaban J connectivity index is 1.93. The van der Waals surface area contributed by atoms with Gasteiger partial charge in [-0.1, -0.05) is 48.5 Å². The monoisotopic (exact) mass is 276 g/mol. The van der Waals surface area contributed by atoms with Crippen molar-refractivity contribution in [2.24, 2.45) is 0 Å². The highest BCUT2D eigenvalue weighted by atomic mass is 16.2. The van der Waals surface area contributed by atoms with Crippen molar-refractivity contribution in [1.82, 2.24) is 4.68 Å². The highest BCUT2D eigenvalue weighted by Crippen LogP contribution is 2.23. The average molecular weight is 276 g/mol. The van der Waals surface area contributed by atoms with Gasteiger partial charge in [0, 0.05) is 17.3 Å². The molecule has 21 heavy (non-hydrogen) atoms. The van der Waals surface area contributed by atoms with E-state index in [4.69, 9.17) is 0 Å². The number of hydrogen-bond donors (Lipinski definition) is 1. The molecule has 3 nitrogen and oxygen atoms in total. The standard InChI is InChI=1S/C18H16N2O/c1-14-12-13-20(17(14)15-8-4-2-5-9-15)19-18(21)16-10-6-3-7-11-16/h2-13H,1H3,(H,19,21). The van der Waals surface area contributed by atoms with Crippen LogP contribution in [0.25, 0.3) is 11.3 Å². The lowest BCUT2D eigenvalue weighted by atomic mass is 10.1. The van der Waals surface area contributed by atoms with Gasteiger partial charge in [0.15, 0.2) is 0 Å². The van der Waals surface area contributed by atoms with Crippen LogP contribution in [-0.2, 0) is 0 Å². The molecule has 0 saturated heterocycles. The van der Waals surface area contributed by atoms with Crippen LogP contribution in [-0.4, -0.2) is 10.6 Å². The van der Waals surface area contributed by atoms with Gasteiger partial charge in [-0.2, -0.15) is 0 Å². The molecule has 0 bridgehead atoms. The summed E-state index contributed by atoms with van der Waals surface area (Å²) in [7, 11) is 0. The average Bonchev–Trinajstić information content (AvgIpc) is 2.89. The first-order valence-electron chi connectivity index (χ1n) is 6.85. The first-order chi connectivity index (χ1) is 10.3. The molecule has 2 aromatic carbocycles. The number of hydrogen-bond acceptors (Lipinski definition) is 1. The molecule has 0 radical (unpaired) electrons. The summed E-state index contributed by atoms with van der Waals surface area (Å²) >= 11 is 0. The number of benzene rings is 2. The summed E-state index contributed by atoms with van der Waals surface area (Å²) in [5.74, 6) is -0.122. The molecule has 0 atom stereocenters. The van der Waals surface area contributed by atoms with Gasteiger partial charge in [0.25, 0.3) is 5.91 Å². The van der Waals surface area contributed by atoms with Gasteiger partial charge < -0.3 is 0 Å². The third kappa shape index (κ3) is 2.72. The van der Waals surface area contributed by atoms with E-state index in [1.54, 1.807) is 16.8 Å². The van der Waals surface area contributed by atoms with Crippen LogP contribution in [0.15, 0.2) is 72.9 Å². The van der Waals surface area contributed by atoms with Crippen molar-refractivity contribution in [1.29, 1.82) is 0 Å². The fourth-order valence-corrected chi connectivity index (χ4v) is 2.35. The van der Waals surface area contributed by atoms with E-state index in [-0.39, 0.29) is 5.91 Å². The molecule has 3 aromatic rings. The highest BCUT2D eigenvalue weighted by molar-refractivity contribution is 6.00. The Bertz CT molecular complexity index is 745. The van der Waals surface area contributed by atoms with Crippen molar-refractivity contribution < 1.29 is 4.79 Å². The normalized spacial score (nSPS) is 10.3. The van der Waals surface area contributed by atoms with Gasteiger partial charge in [-0.3, -0.25) is 14.9 Å². The van der Waals surface area contributed by atoms with Crippen LogP contribution in [0.1, 0.15) is 15.9 Å². The summed E-state index contributed by atoms with van der Waals surface area (Å²) in [5.41, 5.74) is 6.76. The van der Waals surface area contributed by atoms with Gasteiger partial charge in [0.2, 0.25) is 0 Å². The van der Waals surface area contributed by atoms with Crippen LogP contribution in [0.4, 0.5) is 0 Å². The van der Waals surface area contributed by atoms with Gasteiger partial charge in [-0.25, -0.2) is 0 Å². The second-order valence-electron chi connectivity index (χ2n) is 4.89. The maximum atomic E-state index is 12.3. The molecule has 0 aliphatic rings. The van der Waals surface area contributed by atoms with Crippen LogP contribution in [0, 0.1) is 6.92 Å². The van der Waals surface area contributed by atoms with E-state index < -0.39 is 0 Å². The lowest BCUT2D eigenvalue weighted by Crippen LogP contribution is -2.22. The lowest BCUT2D eigenvalue weighted by Gasteiger charge is -2.12. The third-order valence-electron chi connectivity index (χ3n) is 3.39. The Morgan fingerprint density at radius 2 is 1.52 bits per heavy atom. The quantitative estimate of drug-likeness (QED) is 0.774. The van der Waals surface area contributed by atoms with Crippen molar-refractivity contribution >= 4 is 5.91 Å². The molecule has 0 aliphatic carbocycles. The molecule has 1 heterocycles. The smallest absolute Gasteiger partial charge is 0.267 e. The van der Waals surface area contributed by atoms with E-state index in [9.17, 15) is 4.79 Å². The maximum absolute atomic E-state index is 12.3. The van der Waals surface area contributed by atoms with Crippen molar-refractivity contribution in [2.75, 3.05) is 5.43 Å². The summed E-state index contributed by atoms with van der Waals surface area (Å²) in [6.07, 6.45) is 1.87. The molecule has 0 spiro atoms. The van der Waals surface area contributed by atoms with E-state index >= 15 is 0 Å². The first-order valence-corrected chi connectivity index (χ1v) is 6.85. The lowest BCUT2D eigenvalue weighted by molar-refractivity contribution is 0.101.